The van der Waals surface area contributed by atoms with Gasteiger partial charge in [0.1, 0.15) is 5.82 Å². The predicted octanol–water partition coefficient (Wildman–Crippen LogP) is 6.25. The fraction of sp³-hybridized carbons (Fsp3) is 0.462. The number of benzene rings is 3. The molecule has 0 amide bonds. The van der Waals surface area contributed by atoms with Gasteiger partial charge in [-0.3, -0.25) is 9.36 Å². The molecule has 2 heterocycles. The van der Waals surface area contributed by atoms with E-state index < -0.39 is 0 Å². The molecule has 4 fully saturated rings. The van der Waals surface area contributed by atoms with Crippen molar-refractivity contribution in [3.8, 4) is 0 Å². The number of nitrogens with zero attached hydrogens (tertiary/aromatic N) is 4. The Morgan fingerprint density at radius 3 is 2.70 bits per heavy atom. The van der Waals surface area contributed by atoms with E-state index in [4.69, 9.17) is 4.99 Å². The average Bonchev–Trinajstić information content (AvgIpc) is 3.06. The van der Waals surface area contributed by atoms with E-state index in [-0.39, 0.29) is 11.4 Å². The maximum atomic E-state index is 14.4. The van der Waals surface area contributed by atoms with Crippen molar-refractivity contribution in [2.75, 3.05) is 19.6 Å². The lowest BCUT2D eigenvalue weighted by atomic mass is 9.45. The molecule has 2 N–H and O–H groups in total. The van der Waals surface area contributed by atoms with Crippen LogP contribution in [0, 0.1) is 35.9 Å². The summed E-state index contributed by atoms with van der Waals surface area (Å²) >= 11 is 0. The third-order valence-corrected chi connectivity index (χ3v) is 11.4. The Bertz CT molecular complexity index is 1830. The normalized spacial score (nSPS) is 25.4. The van der Waals surface area contributed by atoms with Gasteiger partial charge in [0.05, 0.1) is 22.9 Å². The number of piperazine rings is 1. The van der Waals surface area contributed by atoms with Crippen LogP contribution in [0.5, 0.6) is 0 Å². The van der Waals surface area contributed by atoms with Crippen LogP contribution in [0.4, 0.5) is 10.1 Å². The molecule has 7 nitrogen and oxygen atoms in total. The highest BCUT2D eigenvalue weighted by Gasteiger charge is 2.56. The van der Waals surface area contributed by atoms with Gasteiger partial charge in [-0.1, -0.05) is 63.2 Å². The van der Waals surface area contributed by atoms with Gasteiger partial charge < -0.3 is 15.5 Å². The van der Waals surface area contributed by atoms with Gasteiger partial charge in [0.2, 0.25) is 0 Å². The van der Waals surface area contributed by atoms with Crippen molar-refractivity contribution in [3.05, 3.63) is 106 Å². The van der Waals surface area contributed by atoms with E-state index in [0.29, 0.717) is 52.8 Å². The summed E-state index contributed by atoms with van der Waals surface area (Å²) in [7, 11) is 0. The second kappa shape index (κ2) is 12.9. The van der Waals surface area contributed by atoms with Crippen LogP contribution in [-0.2, 0) is 19.4 Å². The second-order valence-corrected chi connectivity index (χ2v) is 14.7. The Balaban J connectivity index is 1.14. The molecular weight excluding hydrogens is 587 g/mol. The Labute approximate surface area is 277 Å². The lowest BCUT2D eigenvalue weighted by Crippen LogP contribution is -2.63. The summed E-state index contributed by atoms with van der Waals surface area (Å²) < 4.78 is 16.0. The number of aromatic nitrogens is 2. The van der Waals surface area contributed by atoms with Crippen molar-refractivity contribution < 1.29 is 4.39 Å². The highest BCUT2D eigenvalue weighted by atomic mass is 19.1. The number of nitrogens with one attached hydrogen (secondary N) is 2. The first-order valence-corrected chi connectivity index (χ1v) is 17.3. The van der Waals surface area contributed by atoms with E-state index >= 15 is 0 Å². The van der Waals surface area contributed by atoms with E-state index in [0.717, 1.165) is 61.5 Å². The van der Waals surface area contributed by atoms with Crippen LogP contribution >= 0.6 is 0 Å². The molecule has 1 saturated heterocycles. The lowest BCUT2D eigenvalue weighted by Gasteiger charge is -2.62. The summed E-state index contributed by atoms with van der Waals surface area (Å²) in [5, 5.41) is 8.21. The van der Waals surface area contributed by atoms with Crippen molar-refractivity contribution in [2.24, 2.45) is 28.2 Å². The Hall–Kier alpha value is -4.04. The molecule has 47 heavy (non-hydrogen) atoms. The molecule has 8 rings (SSSR count). The molecule has 8 heteroatoms. The topological polar surface area (TPSA) is 74.6 Å². The molecule has 4 aromatic rings. The molecule has 0 unspecified atom stereocenters. The SMILES string of the molecule is Cc1ccc(CCn2cnc3cc(N=C(N[C@H]4C[C@H]5C[C@H]([C@H]4C)C5(C)C)N4CCN[C@@H](Cc5ccccc5)C4)ccc3c2=O)c(F)c1. The zero-order chi connectivity index (χ0) is 32.7. The smallest absolute Gasteiger partial charge is 0.261 e. The molecule has 246 valence electrons. The minimum Gasteiger partial charge on any atom is -0.353 e. The summed E-state index contributed by atoms with van der Waals surface area (Å²) in [4.78, 5) is 25.7. The van der Waals surface area contributed by atoms with Crippen molar-refractivity contribution >= 4 is 22.5 Å². The number of hydrogen-bond acceptors (Lipinski definition) is 4. The second-order valence-electron chi connectivity index (χ2n) is 14.7. The summed E-state index contributed by atoms with van der Waals surface area (Å²) in [6.45, 7) is 12.1. The first-order chi connectivity index (χ1) is 22.7. The zero-order valence-electron chi connectivity index (χ0n) is 28.0. The van der Waals surface area contributed by atoms with E-state index in [9.17, 15) is 9.18 Å². The minimum absolute atomic E-state index is 0.125. The number of guanidine groups is 1. The molecule has 1 aliphatic heterocycles. The molecule has 0 radical (unpaired) electrons. The third-order valence-electron chi connectivity index (χ3n) is 11.4. The van der Waals surface area contributed by atoms with Gasteiger partial charge in [0, 0.05) is 38.3 Å². The average molecular weight is 635 g/mol. The van der Waals surface area contributed by atoms with Crippen molar-refractivity contribution in [1.82, 2.24) is 25.1 Å². The summed E-state index contributed by atoms with van der Waals surface area (Å²) in [5.41, 5.74) is 4.49. The third kappa shape index (κ3) is 6.45. The van der Waals surface area contributed by atoms with Crippen LogP contribution in [0.25, 0.3) is 10.9 Å². The molecule has 4 aliphatic rings. The van der Waals surface area contributed by atoms with Gasteiger partial charge in [-0.25, -0.2) is 14.4 Å². The van der Waals surface area contributed by atoms with Crippen LogP contribution < -0.4 is 16.2 Å². The Morgan fingerprint density at radius 1 is 1.11 bits per heavy atom. The van der Waals surface area contributed by atoms with E-state index in [1.165, 1.54) is 18.1 Å². The Morgan fingerprint density at radius 2 is 1.94 bits per heavy atom. The fourth-order valence-corrected chi connectivity index (χ4v) is 8.35. The predicted molar refractivity (Wildman–Crippen MR) is 188 cm³/mol. The number of halogens is 1. The molecule has 5 atom stereocenters. The summed E-state index contributed by atoms with van der Waals surface area (Å²) in [5.74, 6) is 2.70. The Kier molecular flexibility index (Phi) is 8.64. The van der Waals surface area contributed by atoms with Crippen LogP contribution in [0.2, 0.25) is 0 Å². The standard InChI is InChI=1S/C39H47FN6O/c1-25-10-11-28(34(40)18-25)14-16-46-24-42-36-22-30(12-13-32(36)37(46)47)43-38(44-35-21-29-20-33(26(35)2)39(29,3)4)45-17-15-41-31(23-45)19-27-8-6-5-7-9-27/h5-13,18,22,24,26,29,31,33,35,41H,14-17,19-21,23H2,1-4H3,(H,43,44)/t26-,29-,31+,33-,35+/m1/s1. The summed E-state index contributed by atoms with van der Waals surface area (Å²) in [6, 6.07) is 22.3. The largest absolute Gasteiger partial charge is 0.353 e. The molecule has 0 spiro atoms. The maximum Gasteiger partial charge on any atom is 0.261 e. The van der Waals surface area contributed by atoms with Gasteiger partial charge in [-0.15, -0.1) is 0 Å². The van der Waals surface area contributed by atoms with Gasteiger partial charge in [-0.2, -0.15) is 0 Å². The first kappa shape index (κ1) is 31.6. The highest BCUT2D eigenvalue weighted by molar-refractivity contribution is 5.86. The van der Waals surface area contributed by atoms with Gasteiger partial charge in [-0.05, 0) is 96.7 Å². The molecular formula is C39H47FN6O. The first-order valence-electron chi connectivity index (χ1n) is 17.3. The minimum atomic E-state index is -0.238. The van der Waals surface area contributed by atoms with Crippen molar-refractivity contribution in [1.29, 1.82) is 0 Å². The molecule has 3 saturated carbocycles. The monoisotopic (exact) mass is 634 g/mol. The molecule has 1 aromatic heterocycles. The van der Waals surface area contributed by atoms with E-state index in [1.807, 2.05) is 31.2 Å². The number of fused-ring (bicyclic) bond motifs is 3. The van der Waals surface area contributed by atoms with Crippen LogP contribution in [0.15, 0.2) is 82.8 Å². The van der Waals surface area contributed by atoms with Crippen LogP contribution in [-0.4, -0.2) is 52.1 Å². The molecule has 3 aliphatic carbocycles. The van der Waals surface area contributed by atoms with Gasteiger partial charge in [0.15, 0.2) is 5.96 Å². The van der Waals surface area contributed by atoms with Crippen molar-refractivity contribution in [2.45, 2.75) is 72.0 Å². The number of aliphatic imine (C=N–C) groups is 1. The van der Waals surface area contributed by atoms with E-state index in [2.05, 4.69) is 71.6 Å². The molecule has 2 bridgehead atoms. The highest BCUT2D eigenvalue weighted by Crippen LogP contribution is 2.61. The maximum absolute atomic E-state index is 14.4. The number of hydrogen-bond donors (Lipinski definition) is 2. The molecule has 3 aromatic carbocycles. The van der Waals surface area contributed by atoms with Gasteiger partial charge >= 0.3 is 0 Å². The number of rotatable bonds is 7. The quantitative estimate of drug-likeness (QED) is 0.186. The van der Waals surface area contributed by atoms with Crippen LogP contribution in [0.1, 0.15) is 50.3 Å². The number of aryl methyl sites for hydroxylation is 3. The van der Waals surface area contributed by atoms with E-state index in [1.54, 1.807) is 17.0 Å². The van der Waals surface area contributed by atoms with Crippen LogP contribution in [0.3, 0.4) is 0 Å². The van der Waals surface area contributed by atoms with Gasteiger partial charge in [0.25, 0.3) is 5.56 Å². The van der Waals surface area contributed by atoms with Crippen molar-refractivity contribution in [3.63, 3.8) is 0 Å². The summed E-state index contributed by atoms with van der Waals surface area (Å²) in [6.07, 6.45) is 5.45. The fourth-order valence-electron chi connectivity index (χ4n) is 8.35. The zero-order valence-corrected chi connectivity index (χ0v) is 28.0. The lowest BCUT2D eigenvalue weighted by molar-refractivity contribution is -0.112.